The van der Waals surface area contributed by atoms with Gasteiger partial charge in [0.15, 0.2) is 0 Å². The molecule has 2 rings (SSSR count). The molecule has 2 fully saturated rings. The number of rotatable bonds is 8. The standard InChI is InChI=1S/C16H32N4O/c1-17-8-7-14-12-15(13-19(14)3)18(2)9-5-11-20-10-4-6-16(20)21/h14-15,17H,4-13H2,1-3H3. The summed E-state index contributed by atoms with van der Waals surface area (Å²) in [5.74, 6) is 0.352. The van der Waals surface area contributed by atoms with Crippen molar-refractivity contribution in [1.29, 1.82) is 0 Å². The number of likely N-dealkylation sites (N-methyl/N-ethyl adjacent to an activating group) is 2. The number of nitrogens with zero attached hydrogens (tertiary/aromatic N) is 3. The summed E-state index contributed by atoms with van der Waals surface area (Å²) in [5, 5.41) is 3.25. The third-order valence-electron chi connectivity index (χ3n) is 5.13. The summed E-state index contributed by atoms with van der Waals surface area (Å²) in [7, 11) is 6.51. The fraction of sp³-hybridized carbons (Fsp3) is 0.938. The van der Waals surface area contributed by atoms with Crippen LogP contribution in [0.5, 0.6) is 0 Å². The molecular weight excluding hydrogens is 264 g/mol. The monoisotopic (exact) mass is 296 g/mol. The van der Waals surface area contributed by atoms with Gasteiger partial charge in [0.25, 0.3) is 0 Å². The second-order valence-electron chi connectivity index (χ2n) is 6.69. The molecule has 0 bridgehead atoms. The molecule has 1 amide bonds. The predicted octanol–water partition coefficient (Wildman–Crippen LogP) is 0.613. The second-order valence-corrected chi connectivity index (χ2v) is 6.69. The van der Waals surface area contributed by atoms with Crippen molar-refractivity contribution in [2.24, 2.45) is 0 Å². The Kier molecular flexibility index (Phi) is 6.45. The minimum atomic E-state index is 0.352. The van der Waals surface area contributed by atoms with E-state index >= 15 is 0 Å². The minimum absolute atomic E-state index is 0.352. The van der Waals surface area contributed by atoms with Crippen LogP contribution >= 0.6 is 0 Å². The lowest BCUT2D eigenvalue weighted by Crippen LogP contribution is -2.36. The summed E-state index contributed by atoms with van der Waals surface area (Å²) in [6, 6.07) is 1.39. The maximum atomic E-state index is 11.6. The van der Waals surface area contributed by atoms with Gasteiger partial charge in [-0.2, -0.15) is 0 Å². The van der Waals surface area contributed by atoms with E-state index in [0.717, 1.165) is 45.4 Å². The third kappa shape index (κ3) is 4.66. The Morgan fingerprint density at radius 2 is 2.24 bits per heavy atom. The number of carbonyl (C=O) groups excluding carboxylic acids is 1. The van der Waals surface area contributed by atoms with Gasteiger partial charge in [-0.1, -0.05) is 0 Å². The zero-order valence-corrected chi connectivity index (χ0v) is 14.0. The van der Waals surface area contributed by atoms with Gasteiger partial charge < -0.3 is 20.0 Å². The Morgan fingerprint density at radius 1 is 1.43 bits per heavy atom. The van der Waals surface area contributed by atoms with Gasteiger partial charge in [-0.05, 0) is 59.9 Å². The summed E-state index contributed by atoms with van der Waals surface area (Å²) in [5.41, 5.74) is 0. The van der Waals surface area contributed by atoms with Gasteiger partial charge in [0.2, 0.25) is 5.91 Å². The van der Waals surface area contributed by atoms with Crippen molar-refractivity contribution in [3.05, 3.63) is 0 Å². The quantitative estimate of drug-likeness (QED) is 0.712. The Labute approximate surface area is 129 Å². The van der Waals surface area contributed by atoms with E-state index in [2.05, 4.69) is 29.2 Å². The molecule has 0 aromatic carbocycles. The number of amides is 1. The summed E-state index contributed by atoms with van der Waals surface area (Å²) in [6.45, 7) is 5.28. The Bertz CT molecular complexity index is 336. The maximum absolute atomic E-state index is 11.6. The Morgan fingerprint density at radius 3 is 2.90 bits per heavy atom. The van der Waals surface area contributed by atoms with Crippen LogP contribution in [0.25, 0.3) is 0 Å². The van der Waals surface area contributed by atoms with E-state index in [9.17, 15) is 4.79 Å². The maximum Gasteiger partial charge on any atom is 0.222 e. The first-order chi connectivity index (χ1) is 10.1. The molecular formula is C16H32N4O. The summed E-state index contributed by atoms with van der Waals surface area (Å²) in [6.07, 6.45) is 5.42. The zero-order valence-electron chi connectivity index (χ0n) is 14.0. The molecule has 122 valence electrons. The molecule has 2 heterocycles. The number of hydrogen-bond donors (Lipinski definition) is 1. The molecule has 1 N–H and O–H groups in total. The molecule has 0 aliphatic carbocycles. The van der Waals surface area contributed by atoms with Crippen molar-refractivity contribution in [3.63, 3.8) is 0 Å². The molecule has 0 aromatic rings. The number of nitrogens with one attached hydrogen (secondary N) is 1. The van der Waals surface area contributed by atoms with Gasteiger partial charge in [-0.25, -0.2) is 0 Å². The molecule has 0 aromatic heterocycles. The van der Waals surface area contributed by atoms with E-state index in [1.807, 2.05) is 11.9 Å². The highest BCUT2D eigenvalue weighted by atomic mass is 16.2. The molecule has 2 aliphatic heterocycles. The van der Waals surface area contributed by atoms with Gasteiger partial charge in [0, 0.05) is 38.1 Å². The van der Waals surface area contributed by atoms with E-state index in [-0.39, 0.29) is 0 Å². The topological polar surface area (TPSA) is 38.8 Å². The average molecular weight is 296 g/mol. The predicted molar refractivity (Wildman–Crippen MR) is 86.4 cm³/mol. The van der Waals surface area contributed by atoms with Crippen LogP contribution in [0.1, 0.15) is 32.1 Å². The van der Waals surface area contributed by atoms with Crippen LogP contribution in [0.15, 0.2) is 0 Å². The molecule has 2 atom stereocenters. The van der Waals surface area contributed by atoms with E-state index in [0.29, 0.717) is 18.0 Å². The van der Waals surface area contributed by atoms with E-state index in [4.69, 9.17) is 0 Å². The number of hydrogen-bond acceptors (Lipinski definition) is 4. The van der Waals surface area contributed by atoms with Gasteiger partial charge in [-0.15, -0.1) is 0 Å². The molecule has 2 unspecified atom stereocenters. The summed E-state index contributed by atoms with van der Waals surface area (Å²) < 4.78 is 0. The molecule has 5 heteroatoms. The van der Waals surface area contributed by atoms with Crippen molar-refractivity contribution >= 4 is 5.91 Å². The third-order valence-corrected chi connectivity index (χ3v) is 5.13. The van der Waals surface area contributed by atoms with Gasteiger partial charge >= 0.3 is 0 Å². The fourth-order valence-electron chi connectivity index (χ4n) is 3.65. The SMILES string of the molecule is CNCCC1CC(N(C)CCCN2CCCC2=O)CN1C. The highest BCUT2D eigenvalue weighted by Crippen LogP contribution is 2.22. The Hall–Kier alpha value is -0.650. The molecule has 0 saturated carbocycles. The van der Waals surface area contributed by atoms with Crippen LogP contribution in [0.3, 0.4) is 0 Å². The van der Waals surface area contributed by atoms with Crippen molar-refractivity contribution in [3.8, 4) is 0 Å². The van der Waals surface area contributed by atoms with Crippen molar-refractivity contribution < 1.29 is 4.79 Å². The van der Waals surface area contributed by atoms with Crippen LogP contribution < -0.4 is 5.32 Å². The normalized spacial score (nSPS) is 27.2. The Balaban J connectivity index is 1.66. The van der Waals surface area contributed by atoms with Gasteiger partial charge in [0.05, 0.1) is 0 Å². The summed E-state index contributed by atoms with van der Waals surface area (Å²) in [4.78, 5) is 18.6. The van der Waals surface area contributed by atoms with Crippen LogP contribution in [0.4, 0.5) is 0 Å². The van der Waals surface area contributed by atoms with E-state index in [1.165, 1.54) is 19.4 Å². The highest BCUT2D eigenvalue weighted by molar-refractivity contribution is 5.77. The second kappa shape index (κ2) is 8.11. The van der Waals surface area contributed by atoms with E-state index in [1.54, 1.807) is 0 Å². The number of carbonyl (C=O) groups is 1. The highest BCUT2D eigenvalue weighted by Gasteiger charge is 2.31. The van der Waals surface area contributed by atoms with Gasteiger partial charge in [-0.3, -0.25) is 4.79 Å². The minimum Gasteiger partial charge on any atom is -0.343 e. The van der Waals surface area contributed by atoms with Crippen LogP contribution in [-0.4, -0.2) is 86.6 Å². The lowest BCUT2D eigenvalue weighted by atomic mass is 10.1. The molecule has 5 nitrogen and oxygen atoms in total. The molecule has 2 aliphatic rings. The first-order valence-corrected chi connectivity index (χ1v) is 8.44. The fourth-order valence-corrected chi connectivity index (χ4v) is 3.65. The molecule has 0 spiro atoms. The van der Waals surface area contributed by atoms with Crippen molar-refractivity contribution in [2.75, 3.05) is 53.9 Å². The van der Waals surface area contributed by atoms with E-state index < -0.39 is 0 Å². The molecule has 0 radical (unpaired) electrons. The largest absolute Gasteiger partial charge is 0.343 e. The average Bonchev–Trinajstić information content (AvgIpc) is 3.03. The molecule has 21 heavy (non-hydrogen) atoms. The number of likely N-dealkylation sites (tertiary alicyclic amines) is 2. The van der Waals surface area contributed by atoms with Crippen molar-refractivity contribution in [2.45, 2.75) is 44.2 Å². The molecule has 2 saturated heterocycles. The van der Waals surface area contributed by atoms with Crippen LogP contribution in [0.2, 0.25) is 0 Å². The van der Waals surface area contributed by atoms with Gasteiger partial charge in [0.1, 0.15) is 0 Å². The van der Waals surface area contributed by atoms with Crippen molar-refractivity contribution in [1.82, 2.24) is 20.0 Å². The summed E-state index contributed by atoms with van der Waals surface area (Å²) >= 11 is 0. The first-order valence-electron chi connectivity index (χ1n) is 8.44. The van der Waals surface area contributed by atoms with Crippen LogP contribution in [-0.2, 0) is 4.79 Å². The smallest absolute Gasteiger partial charge is 0.222 e. The van der Waals surface area contributed by atoms with Crippen LogP contribution in [0, 0.1) is 0 Å². The lowest BCUT2D eigenvalue weighted by molar-refractivity contribution is -0.127. The first kappa shape index (κ1) is 16.7. The lowest BCUT2D eigenvalue weighted by Gasteiger charge is -2.25. The zero-order chi connectivity index (χ0) is 15.2.